The molecule has 4 nitrogen and oxygen atoms in total. The lowest BCUT2D eigenvalue weighted by molar-refractivity contribution is 0.354. The van der Waals surface area contributed by atoms with Crippen molar-refractivity contribution in [3.8, 4) is 23.0 Å². The summed E-state index contributed by atoms with van der Waals surface area (Å²) >= 11 is 0. The van der Waals surface area contributed by atoms with E-state index in [1.165, 1.54) is 0 Å². The van der Waals surface area contributed by atoms with E-state index >= 15 is 0 Å². The number of aliphatic imine (C=N–C) groups is 1. The maximum atomic E-state index is 5.92. The summed E-state index contributed by atoms with van der Waals surface area (Å²) in [5, 5.41) is 0. The molecule has 0 aliphatic carbocycles. The molecular weight excluding hydrogens is 338 g/mol. The Bertz CT molecular complexity index is 946. The van der Waals surface area contributed by atoms with Gasteiger partial charge in [0.25, 0.3) is 0 Å². The fourth-order valence-corrected chi connectivity index (χ4v) is 2.68. The van der Waals surface area contributed by atoms with Crippen molar-refractivity contribution in [1.82, 2.24) is 0 Å². The summed E-state index contributed by atoms with van der Waals surface area (Å²) in [6.45, 7) is 4.04. The van der Waals surface area contributed by atoms with Gasteiger partial charge in [0, 0.05) is 6.21 Å². The van der Waals surface area contributed by atoms with Crippen molar-refractivity contribution in [1.29, 1.82) is 0 Å². The summed E-state index contributed by atoms with van der Waals surface area (Å²) in [5.74, 6) is 3.04. The van der Waals surface area contributed by atoms with Gasteiger partial charge < -0.3 is 14.2 Å². The van der Waals surface area contributed by atoms with Gasteiger partial charge in [-0.2, -0.15) is 0 Å². The van der Waals surface area contributed by atoms with Gasteiger partial charge in [-0.25, -0.2) is 0 Å². The van der Waals surface area contributed by atoms with Crippen LogP contribution in [0.1, 0.15) is 16.7 Å². The first-order chi connectivity index (χ1) is 13.1. The van der Waals surface area contributed by atoms with Gasteiger partial charge in [-0.15, -0.1) is 0 Å². The molecule has 0 N–H and O–H groups in total. The lowest BCUT2D eigenvalue weighted by Crippen LogP contribution is -1.95. The third kappa shape index (κ3) is 4.47. The second kappa shape index (κ2) is 8.41. The molecule has 0 aliphatic heterocycles. The van der Waals surface area contributed by atoms with Crippen LogP contribution in [0.25, 0.3) is 0 Å². The van der Waals surface area contributed by atoms with E-state index in [0.29, 0.717) is 11.5 Å². The van der Waals surface area contributed by atoms with Crippen LogP contribution in [0.15, 0.2) is 65.7 Å². The molecule has 3 aromatic carbocycles. The van der Waals surface area contributed by atoms with E-state index in [2.05, 4.69) is 4.99 Å². The number of nitrogens with zero attached hydrogens (tertiary/aromatic N) is 1. The molecule has 0 bridgehead atoms. The van der Waals surface area contributed by atoms with Gasteiger partial charge in [-0.05, 0) is 73.0 Å². The molecular formula is C23H23NO3. The van der Waals surface area contributed by atoms with Crippen molar-refractivity contribution in [2.24, 2.45) is 4.99 Å². The maximum absolute atomic E-state index is 5.92. The van der Waals surface area contributed by atoms with Crippen molar-refractivity contribution in [3.63, 3.8) is 0 Å². The zero-order valence-corrected chi connectivity index (χ0v) is 16.0. The average molecular weight is 361 g/mol. The molecule has 138 valence electrons. The summed E-state index contributed by atoms with van der Waals surface area (Å²) in [4.78, 5) is 4.56. The lowest BCUT2D eigenvalue weighted by atomic mass is 10.1. The van der Waals surface area contributed by atoms with Crippen LogP contribution in [0.3, 0.4) is 0 Å². The number of rotatable bonds is 6. The van der Waals surface area contributed by atoms with E-state index in [-0.39, 0.29) is 0 Å². The van der Waals surface area contributed by atoms with Gasteiger partial charge in [0.05, 0.1) is 19.9 Å². The minimum absolute atomic E-state index is 0.687. The zero-order chi connectivity index (χ0) is 19.2. The van der Waals surface area contributed by atoms with Crippen molar-refractivity contribution < 1.29 is 14.2 Å². The molecule has 3 aromatic rings. The Morgan fingerprint density at radius 2 is 1.41 bits per heavy atom. The molecule has 0 aromatic heterocycles. The summed E-state index contributed by atoms with van der Waals surface area (Å²) in [7, 11) is 3.26. The Morgan fingerprint density at radius 1 is 0.741 bits per heavy atom. The van der Waals surface area contributed by atoms with Crippen LogP contribution in [0.4, 0.5) is 5.69 Å². The highest BCUT2D eigenvalue weighted by atomic mass is 16.5. The van der Waals surface area contributed by atoms with E-state index in [1.807, 2.05) is 80.7 Å². The topological polar surface area (TPSA) is 40.0 Å². The summed E-state index contributed by atoms with van der Waals surface area (Å²) in [5.41, 5.74) is 3.99. The fourth-order valence-electron chi connectivity index (χ4n) is 2.68. The fraction of sp³-hybridized carbons (Fsp3) is 0.174. The van der Waals surface area contributed by atoms with Gasteiger partial charge in [-0.3, -0.25) is 4.99 Å². The summed E-state index contributed by atoms with van der Waals surface area (Å²) < 4.78 is 16.6. The third-order valence-corrected chi connectivity index (χ3v) is 4.28. The van der Waals surface area contributed by atoms with Gasteiger partial charge in [0.1, 0.15) is 11.5 Å². The smallest absolute Gasteiger partial charge is 0.161 e. The van der Waals surface area contributed by atoms with E-state index in [0.717, 1.165) is 33.9 Å². The average Bonchev–Trinajstić information content (AvgIpc) is 2.69. The molecule has 3 rings (SSSR count). The molecule has 0 unspecified atom stereocenters. The molecule has 0 fully saturated rings. The quantitative estimate of drug-likeness (QED) is 0.516. The van der Waals surface area contributed by atoms with Gasteiger partial charge in [0.15, 0.2) is 11.5 Å². The number of para-hydroxylation sites is 1. The van der Waals surface area contributed by atoms with Crippen molar-refractivity contribution >= 4 is 11.9 Å². The first-order valence-electron chi connectivity index (χ1n) is 8.71. The largest absolute Gasteiger partial charge is 0.493 e. The van der Waals surface area contributed by atoms with E-state index < -0.39 is 0 Å². The number of aryl methyl sites for hydroxylation is 2. The zero-order valence-electron chi connectivity index (χ0n) is 16.0. The Kier molecular flexibility index (Phi) is 5.77. The molecule has 0 radical (unpaired) electrons. The number of ether oxygens (including phenoxy) is 3. The molecule has 0 saturated heterocycles. The minimum atomic E-state index is 0.687. The van der Waals surface area contributed by atoms with E-state index in [4.69, 9.17) is 14.2 Å². The second-order valence-electron chi connectivity index (χ2n) is 6.18. The SMILES string of the molecule is COc1cc(C)c(C=Nc2ccc(Oc3ccccc3C)cc2)cc1OC. The highest BCUT2D eigenvalue weighted by Crippen LogP contribution is 2.30. The molecule has 0 amide bonds. The standard InChI is InChI=1S/C23H23NO3/c1-16-7-5-6-8-21(16)27-20-11-9-19(10-12-20)24-15-18-14-23(26-4)22(25-3)13-17(18)2/h5-15H,1-4H3. The van der Waals surface area contributed by atoms with E-state index in [1.54, 1.807) is 14.2 Å². The number of methoxy groups -OCH3 is 2. The van der Waals surface area contributed by atoms with Crippen LogP contribution >= 0.6 is 0 Å². The number of hydrogen-bond donors (Lipinski definition) is 0. The highest BCUT2D eigenvalue weighted by molar-refractivity contribution is 5.85. The maximum Gasteiger partial charge on any atom is 0.161 e. The van der Waals surface area contributed by atoms with Crippen LogP contribution in [-0.2, 0) is 0 Å². The first kappa shape index (κ1) is 18.5. The normalized spacial score (nSPS) is 10.8. The lowest BCUT2D eigenvalue weighted by Gasteiger charge is -2.10. The first-order valence-corrected chi connectivity index (χ1v) is 8.71. The molecule has 4 heteroatoms. The van der Waals surface area contributed by atoms with Crippen molar-refractivity contribution in [2.75, 3.05) is 14.2 Å². The molecule has 0 atom stereocenters. The van der Waals surface area contributed by atoms with Gasteiger partial charge in [-0.1, -0.05) is 18.2 Å². The predicted molar refractivity (Wildman–Crippen MR) is 109 cm³/mol. The highest BCUT2D eigenvalue weighted by Gasteiger charge is 2.07. The van der Waals surface area contributed by atoms with Crippen molar-refractivity contribution in [3.05, 3.63) is 77.4 Å². The number of benzene rings is 3. The summed E-state index contributed by atoms with van der Waals surface area (Å²) in [6, 6.07) is 19.5. The van der Waals surface area contributed by atoms with Crippen LogP contribution < -0.4 is 14.2 Å². The molecule has 0 saturated carbocycles. The Hall–Kier alpha value is -3.27. The van der Waals surface area contributed by atoms with Gasteiger partial charge in [0.2, 0.25) is 0 Å². The minimum Gasteiger partial charge on any atom is -0.493 e. The molecule has 27 heavy (non-hydrogen) atoms. The monoisotopic (exact) mass is 361 g/mol. The van der Waals surface area contributed by atoms with Crippen molar-refractivity contribution in [2.45, 2.75) is 13.8 Å². The predicted octanol–water partition coefficient (Wildman–Crippen LogP) is 5.86. The Labute approximate surface area is 160 Å². The van der Waals surface area contributed by atoms with Crippen LogP contribution in [0.2, 0.25) is 0 Å². The van der Waals surface area contributed by atoms with Gasteiger partial charge >= 0.3 is 0 Å². The third-order valence-electron chi connectivity index (χ3n) is 4.28. The van der Waals surface area contributed by atoms with E-state index in [9.17, 15) is 0 Å². The molecule has 0 spiro atoms. The molecule has 0 aliphatic rings. The second-order valence-corrected chi connectivity index (χ2v) is 6.18. The van der Waals surface area contributed by atoms with Crippen LogP contribution in [0.5, 0.6) is 23.0 Å². The number of hydrogen-bond acceptors (Lipinski definition) is 4. The Morgan fingerprint density at radius 3 is 2.07 bits per heavy atom. The summed E-state index contributed by atoms with van der Waals surface area (Å²) in [6.07, 6.45) is 1.83. The van der Waals surface area contributed by atoms with Crippen LogP contribution in [0, 0.1) is 13.8 Å². The van der Waals surface area contributed by atoms with Crippen LogP contribution in [-0.4, -0.2) is 20.4 Å². The Balaban J connectivity index is 1.76. The molecule has 0 heterocycles.